The van der Waals surface area contributed by atoms with Crippen LogP contribution in [0, 0.1) is 0 Å². The van der Waals surface area contributed by atoms with E-state index in [4.69, 9.17) is 16.1 Å². The number of carbonyl (C=O) groups excluding carboxylic acids is 1. The molecule has 0 unspecified atom stereocenters. The van der Waals surface area contributed by atoms with Gasteiger partial charge in [0.1, 0.15) is 0 Å². The van der Waals surface area contributed by atoms with Gasteiger partial charge in [0.2, 0.25) is 0 Å². The molecule has 1 amide bonds. The lowest BCUT2D eigenvalue weighted by molar-refractivity contribution is 0.0666. The molecule has 0 N–H and O–H groups in total. The number of rotatable bonds is 3. The summed E-state index contributed by atoms with van der Waals surface area (Å²) in [5.74, 6) is 0.412. The number of carbonyl (C=O) groups is 1. The van der Waals surface area contributed by atoms with E-state index in [1.54, 1.807) is 22.9 Å². The number of halogens is 1. The maximum Gasteiger partial charge on any atom is 0.276 e. The van der Waals surface area contributed by atoms with Crippen LogP contribution in [0.2, 0.25) is 5.02 Å². The van der Waals surface area contributed by atoms with Gasteiger partial charge in [-0.2, -0.15) is 5.10 Å². The minimum atomic E-state index is -0.121. The van der Waals surface area contributed by atoms with Crippen molar-refractivity contribution in [3.05, 3.63) is 59.0 Å². The molecule has 0 spiro atoms. The predicted octanol–water partition coefficient (Wildman–Crippen LogP) is 4.49. The van der Waals surface area contributed by atoms with E-state index in [0.717, 1.165) is 36.9 Å². The third kappa shape index (κ3) is 3.76. The highest BCUT2D eigenvalue weighted by molar-refractivity contribution is 6.30. The minimum Gasteiger partial charge on any atom is -0.355 e. The highest BCUT2D eigenvalue weighted by atomic mass is 35.5. The standard InChI is InChI=1S/C20H21ClN4O2/c1-24-11-9-16(22-24)18-8-3-2-4-10-25(18)20(26)17-13-19(27-23-17)14-6-5-7-15(21)12-14/h5-7,9,11-13,18H,2-4,8,10H2,1H3/t18-/m0/s1. The largest absolute Gasteiger partial charge is 0.355 e. The van der Waals surface area contributed by atoms with E-state index in [9.17, 15) is 4.79 Å². The van der Waals surface area contributed by atoms with Gasteiger partial charge in [0.25, 0.3) is 5.91 Å². The van der Waals surface area contributed by atoms with E-state index in [2.05, 4.69) is 10.3 Å². The second-order valence-corrected chi connectivity index (χ2v) is 7.30. The third-order valence-electron chi connectivity index (χ3n) is 4.93. The van der Waals surface area contributed by atoms with Crippen molar-refractivity contribution in [2.24, 2.45) is 7.05 Å². The van der Waals surface area contributed by atoms with Crippen molar-refractivity contribution in [1.82, 2.24) is 19.8 Å². The van der Waals surface area contributed by atoms with E-state index in [1.807, 2.05) is 36.3 Å². The fraction of sp³-hybridized carbons (Fsp3) is 0.350. The van der Waals surface area contributed by atoms with Crippen LogP contribution >= 0.6 is 11.6 Å². The molecule has 1 atom stereocenters. The van der Waals surface area contributed by atoms with Crippen molar-refractivity contribution in [3.63, 3.8) is 0 Å². The molecule has 0 aliphatic carbocycles. The van der Waals surface area contributed by atoms with Gasteiger partial charge in [-0.3, -0.25) is 9.48 Å². The van der Waals surface area contributed by atoms with E-state index in [-0.39, 0.29) is 11.9 Å². The van der Waals surface area contributed by atoms with Crippen molar-refractivity contribution >= 4 is 17.5 Å². The zero-order valence-corrected chi connectivity index (χ0v) is 15.9. The monoisotopic (exact) mass is 384 g/mol. The first-order valence-corrected chi connectivity index (χ1v) is 9.53. The smallest absolute Gasteiger partial charge is 0.276 e. The van der Waals surface area contributed by atoms with Gasteiger partial charge in [-0.15, -0.1) is 0 Å². The number of likely N-dealkylation sites (tertiary alicyclic amines) is 1. The highest BCUT2D eigenvalue weighted by Gasteiger charge is 2.30. The van der Waals surface area contributed by atoms with Crippen LogP contribution in [0.4, 0.5) is 0 Å². The molecule has 1 fully saturated rings. The normalized spacial score (nSPS) is 17.7. The minimum absolute atomic E-state index is 0.0347. The molecule has 2 aromatic heterocycles. The van der Waals surface area contributed by atoms with Crippen molar-refractivity contribution in [2.75, 3.05) is 6.54 Å². The first kappa shape index (κ1) is 17.8. The van der Waals surface area contributed by atoms with Gasteiger partial charge in [0.15, 0.2) is 11.5 Å². The van der Waals surface area contributed by atoms with Crippen molar-refractivity contribution < 1.29 is 9.32 Å². The van der Waals surface area contributed by atoms with Gasteiger partial charge in [0, 0.05) is 36.4 Å². The Hall–Kier alpha value is -2.60. The molecular formula is C20H21ClN4O2. The second-order valence-electron chi connectivity index (χ2n) is 6.86. The van der Waals surface area contributed by atoms with Crippen LogP contribution in [0.25, 0.3) is 11.3 Å². The summed E-state index contributed by atoms with van der Waals surface area (Å²) in [6.07, 6.45) is 5.99. The maximum atomic E-state index is 13.2. The van der Waals surface area contributed by atoms with Crippen LogP contribution in [0.5, 0.6) is 0 Å². The lowest BCUT2D eigenvalue weighted by Gasteiger charge is -2.28. The number of amides is 1. The van der Waals surface area contributed by atoms with Crippen molar-refractivity contribution in [2.45, 2.75) is 31.7 Å². The Bertz CT molecular complexity index is 949. The van der Waals surface area contributed by atoms with Crippen LogP contribution in [-0.2, 0) is 7.05 Å². The fourth-order valence-corrected chi connectivity index (χ4v) is 3.76. The fourth-order valence-electron chi connectivity index (χ4n) is 3.57. The number of aromatic nitrogens is 3. The Morgan fingerprint density at radius 2 is 2.11 bits per heavy atom. The Morgan fingerprint density at radius 3 is 2.89 bits per heavy atom. The average molecular weight is 385 g/mol. The van der Waals surface area contributed by atoms with Crippen LogP contribution in [0.15, 0.2) is 47.1 Å². The molecule has 27 heavy (non-hydrogen) atoms. The van der Waals surface area contributed by atoms with Gasteiger partial charge >= 0.3 is 0 Å². The van der Waals surface area contributed by atoms with Crippen LogP contribution in [-0.4, -0.2) is 32.3 Å². The SMILES string of the molecule is Cn1ccc([C@@H]2CCCCCN2C(=O)c2cc(-c3cccc(Cl)c3)on2)n1. The van der Waals surface area contributed by atoms with Gasteiger partial charge in [-0.1, -0.05) is 41.7 Å². The van der Waals surface area contributed by atoms with E-state index >= 15 is 0 Å². The number of benzene rings is 1. The van der Waals surface area contributed by atoms with Gasteiger partial charge in [0.05, 0.1) is 11.7 Å². The summed E-state index contributed by atoms with van der Waals surface area (Å²) in [6.45, 7) is 0.694. The summed E-state index contributed by atoms with van der Waals surface area (Å²) in [5.41, 5.74) is 2.03. The zero-order chi connectivity index (χ0) is 18.8. The molecule has 1 aromatic carbocycles. The van der Waals surface area contributed by atoms with Gasteiger partial charge < -0.3 is 9.42 Å². The topological polar surface area (TPSA) is 64.2 Å². The lowest BCUT2D eigenvalue weighted by Crippen LogP contribution is -2.35. The molecule has 140 valence electrons. The van der Waals surface area contributed by atoms with Crippen LogP contribution in [0.3, 0.4) is 0 Å². The Morgan fingerprint density at radius 1 is 1.22 bits per heavy atom. The van der Waals surface area contributed by atoms with Gasteiger partial charge in [-0.25, -0.2) is 0 Å². The molecule has 3 heterocycles. The molecule has 0 saturated carbocycles. The highest BCUT2D eigenvalue weighted by Crippen LogP contribution is 2.31. The molecule has 1 saturated heterocycles. The summed E-state index contributed by atoms with van der Waals surface area (Å²) in [7, 11) is 1.89. The summed E-state index contributed by atoms with van der Waals surface area (Å²) in [5, 5.41) is 9.17. The Kier molecular flexibility index (Phi) is 4.99. The van der Waals surface area contributed by atoms with E-state index in [0.29, 0.717) is 23.0 Å². The number of hydrogen-bond donors (Lipinski definition) is 0. The van der Waals surface area contributed by atoms with Crippen molar-refractivity contribution in [3.8, 4) is 11.3 Å². The maximum absolute atomic E-state index is 13.2. The quantitative estimate of drug-likeness (QED) is 0.667. The summed E-state index contributed by atoms with van der Waals surface area (Å²) in [6, 6.07) is 10.9. The van der Waals surface area contributed by atoms with Crippen LogP contribution in [0.1, 0.15) is 47.9 Å². The zero-order valence-electron chi connectivity index (χ0n) is 15.1. The molecule has 1 aliphatic heterocycles. The number of hydrogen-bond acceptors (Lipinski definition) is 4. The summed E-state index contributed by atoms with van der Waals surface area (Å²) >= 11 is 6.05. The second kappa shape index (κ2) is 7.56. The van der Waals surface area contributed by atoms with Crippen molar-refractivity contribution in [1.29, 1.82) is 0 Å². The molecule has 6 nitrogen and oxygen atoms in total. The van der Waals surface area contributed by atoms with Gasteiger partial charge in [-0.05, 0) is 31.0 Å². The molecular weight excluding hydrogens is 364 g/mol. The third-order valence-corrected chi connectivity index (χ3v) is 5.16. The van der Waals surface area contributed by atoms with E-state index in [1.165, 1.54) is 0 Å². The lowest BCUT2D eigenvalue weighted by atomic mass is 10.1. The molecule has 0 bridgehead atoms. The first-order valence-electron chi connectivity index (χ1n) is 9.15. The molecule has 4 rings (SSSR count). The van der Waals surface area contributed by atoms with E-state index < -0.39 is 0 Å². The van der Waals surface area contributed by atoms with Crippen LogP contribution < -0.4 is 0 Å². The average Bonchev–Trinajstić information content (AvgIpc) is 3.25. The Labute approximate surface area is 162 Å². The molecule has 3 aromatic rings. The first-order chi connectivity index (χ1) is 13.1. The number of nitrogens with zero attached hydrogens (tertiary/aromatic N) is 4. The molecule has 0 radical (unpaired) electrons. The molecule has 1 aliphatic rings. The molecule has 7 heteroatoms. The predicted molar refractivity (Wildman–Crippen MR) is 102 cm³/mol. The number of aryl methyl sites for hydroxylation is 1. The summed E-state index contributed by atoms with van der Waals surface area (Å²) in [4.78, 5) is 15.1. The summed E-state index contributed by atoms with van der Waals surface area (Å²) < 4.78 is 7.19. The Balaban J connectivity index is 1.62.